The third-order valence-corrected chi connectivity index (χ3v) is 4.56. The number of alkyl halides is 5. The Kier molecular flexibility index (Phi) is 6.13. The van der Waals surface area contributed by atoms with Gasteiger partial charge in [0.05, 0.1) is 5.52 Å². The van der Waals surface area contributed by atoms with Crippen LogP contribution >= 0.6 is 24.3 Å². The van der Waals surface area contributed by atoms with Gasteiger partial charge in [0.25, 0.3) is 0 Å². The molecule has 1 aromatic heterocycles. The van der Waals surface area contributed by atoms with Crippen LogP contribution in [-0.4, -0.2) is 32.5 Å². The Bertz CT molecular complexity index is 760. The van der Waals surface area contributed by atoms with E-state index in [-0.39, 0.29) is 28.9 Å². The molecule has 0 aliphatic heterocycles. The number of halogens is 6. The standard InChI is InChI=1S/C13H12BrF5N3O2P/c14-9-4-7-6-21-11(20-3-1-2-12(15,16)17)22-10(7)5-8(9)13(18,19)25(23)24/h4-6,23-24H,1-3H2,(H,20,21,22). The minimum Gasteiger partial charge on any atom is -0.354 e. The second-order valence-electron chi connectivity index (χ2n) is 5.06. The Morgan fingerprint density at radius 3 is 2.44 bits per heavy atom. The Labute approximate surface area is 148 Å². The van der Waals surface area contributed by atoms with Gasteiger partial charge in [-0.05, 0) is 18.6 Å². The second-order valence-corrected chi connectivity index (χ2v) is 7.06. The average molecular weight is 448 g/mol. The first-order valence-electron chi connectivity index (χ1n) is 6.84. The molecule has 0 radical (unpaired) electrons. The Hall–Kier alpha value is -1.16. The number of anilines is 1. The van der Waals surface area contributed by atoms with Gasteiger partial charge in [0, 0.05) is 34.6 Å². The first kappa shape index (κ1) is 20.2. The van der Waals surface area contributed by atoms with Gasteiger partial charge in [0.15, 0.2) is 0 Å². The van der Waals surface area contributed by atoms with Crippen molar-refractivity contribution in [1.82, 2.24) is 9.97 Å². The maximum atomic E-state index is 13.9. The lowest BCUT2D eigenvalue weighted by atomic mass is 10.1. The Morgan fingerprint density at radius 1 is 1.16 bits per heavy atom. The van der Waals surface area contributed by atoms with E-state index in [1.54, 1.807) is 0 Å². The summed E-state index contributed by atoms with van der Waals surface area (Å²) in [5.41, 5.74) is -4.44. The number of aromatic nitrogens is 2. The molecule has 0 amide bonds. The van der Waals surface area contributed by atoms with Crippen LogP contribution in [-0.2, 0) is 5.66 Å². The zero-order chi connectivity index (χ0) is 18.8. The van der Waals surface area contributed by atoms with Crippen LogP contribution in [0.4, 0.5) is 27.9 Å². The summed E-state index contributed by atoms with van der Waals surface area (Å²) in [6.45, 7) is -0.0385. The van der Waals surface area contributed by atoms with Gasteiger partial charge in [-0.1, -0.05) is 15.9 Å². The van der Waals surface area contributed by atoms with Crippen LogP contribution in [0, 0.1) is 0 Å². The molecule has 0 saturated carbocycles. The molecule has 5 nitrogen and oxygen atoms in total. The van der Waals surface area contributed by atoms with Crippen molar-refractivity contribution in [3.05, 3.63) is 28.4 Å². The van der Waals surface area contributed by atoms with Gasteiger partial charge >= 0.3 is 11.8 Å². The van der Waals surface area contributed by atoms with Crippen molar-refractivity contribution in [1.29, 1.82) is 0 Å². The summed E-state index contributed by atoms with van der Waals surface area (Å²) in [5, 5.41) is 2.98. The van der Waals surface area contributed by atoms with E-state index in [1.807, 2.05) is 0 Å². The molecule has 2 aromatic rings. The lowest BCUT2D eigenvalue weighted by Gasteiger charge is -2.19. The molecule has 1 aromatic carbocycles. The Morgan fingerprint density at radius 2 is 1.84 bits per heavy atom. The van der Waals surface area contributed by atoms with Gasteiger partial charge in [-0.25, -0.2) is 9.97 Å². The van der Waals surface area contributed by atoms with Crippen molar-refractivity contribution < 1.29 is 31.7 Å². The van der Waals surface area contributed by atoms with E-state index in [4.69, 9.17) is 9.79 Å². The van der Waals surface area contributed by atoms with Gasteiger partial charge in [-0.2, -0.15) is 22.0 Å². The zero-order valence-corrected chi connectivity index (χ0v) is 14.8. The minimum atomic E-state index is -4.26. The SMILES string of the molecule is OP(O)C(F)(F)c1cc2nc(NCCCC(F)(F)F)ncc2cc1Br. The molecule has 12 heteroatoms. The number of hydrogen-bond donors (Lipinski definition) is 3. The summed E-state index contributed by atoms with van der Waals surface area (Å²) in [5.74, 6) is -0.0125. The molecule has 0 bridgehead atoms. The van der Waals surface area contributed by atoms with Gasteiger partial charge in [0.1, 0.15) is 0 Å². The summed E-state index contributed by atoms with van der Waals surface area (Å²) in [4.78, 5) is 25.7. The van der Waals surface area contributed by atoms with Crippen LogP contribution in [0.2, 0.25) is 0 Å². The highest BCUT2D eigenvalue weighted by molar-refractivity contribution is 9.10. The molecular formula is C13H12BrF5N3O2P. The summed E-state index contributed by atoms with van der Waals surface area (Å²) in [6, 6.07) is 2.27. The number of nitrogens with one attached hydrogen (secondary N) is 1. The number of rotatable bonds is 6. The van der Waals surface area contributed by atoms with E-state index < -0.39 is 32.2 Å². The lowest BCUT2D eigenvalue weighted by molar-refractivity contribution is -0.134. The highest BCUT2D eigenvalue weighted by Gasteiger charge is 2.42. The molecule has 0 atom stereocenters. The van der Waals surface area contributed by atoms with Gasteiger partial charge in [0.2, 0.25) is 14.3 Å². The molecule has 3 N–H and O–H groups in total. The summed E-state index contributed by atoms with van der Waals surface area (Å²) in [7, 11) is -3.55. The fraction of sp³-hybridized carbons (Fsp3) is 0.385. The quantitative estimate of drug-likeness (QED) is 0.345. The van der Waals surface area contributed by atoms with Crippen molar-refractivity contribution in [3.63, 3.8) is 0 Å². The van der Waals surface area contributed by atoms with Crippen LogP contribution in [0.1, 0.15) is 18.4 Å². The molecule has 0 fully saturated rings. The van der Waals surface area contributed by atoms with Crippen LogP contribution in [0.3, 0.4) is 0 Å². The van der Waals surface area contributed by atoms with E-state index in [9.17, 15) is 22.0 Å². The molecule has 138 valence electrons. The lowest BCUT2D eigenvalue weighted by Crippen LogP contribution is -2.13. The maximum Gasteiger partial charge on any atom is 0.389 e. The molecule has 0 unspecified atom stereocenters. The third-order valence-electron chi connectivity index (χ3n) is 3.16. The summed E-state index contributed by atoms with van der Waals surface area (Å²) >= 11 is 2.94. The predicted molar refractivity (Wildman–Crippen MR) is 86.3 cm³/mol. The van der Waals surface area contributed by atoms with E-state index >= 15 is 0 Å². The molecule has 25 heavy (non-hydrogen) atoms. The van der Waals surface area contributed by atoms with E-state index in [0.29, 0.717) is 5.39 Å². The molecule has 2 rings (SSSR count). The smallest absolute Gasteiger partial charge is 0.354 e. The van der Waals surface area contributed by atoms with Gasteiger partial charge in [-0.3, -0.25) is 0 Å². The normalized spacial score (nSPS) is 12.8. The van der Waals surface area contributed by atoms with E-state index in [0.717, 1.165) is 6.07 Å². The predicted octanol–water partition coefficient (Wildman–Crippen LogP) is 4.49. The van der Waals surface area contributed by atoms with Crippen molar-refractivity contribution in [2.45, 2.75) is 24.7 Å². The molecule has 0 saturated heterocycles. The van der Waals surface area contributed by atoms with Gasteiger partial charge < -0.3 is 15.1 Å². The third kappa shape index (κ3) is 5.16. The molecule has 0 aliphatic rings. The molecule has 1 heterocycles. The number of hydrogen-bond acceptors (Lipinski definition) is 5. The first-order valence-corrected chi connectivity index (χ1v) is 8.88. The topological polar surface area (TPSA) is 78.3 Å². The van der Waals surface area contributed by atoms with E-state index in [1.165, 1.54) is 12.3 Å². The number of benzene rings is 1. The second kappa shape index (κ2) is 7.61. The van der Waals surface area contributed by atoms with Crippen LogP contribution < -0.4 is 5.32 Å². The fourth-order valence-electron chi connectivity index (χ4n) is 1.96. The maximum absolute atomic E-state index is 13.9. The average Bonchev–Trinajstić information content (AvgIpc) is 2.49. The van der Waals surface area contributed by atoms with Crippen LogP contribution in [0.15, 0.2) is 22.8 Å². The zero-order valence-electron chi connectivity index (χ0n) is 12.4. The summed E-state index contributed by atoms with van der Waals surface area (Å²) < 4.78 is 63.9. The van der Waals surface area contributed by atoms with Crippen molar-refractivity contribution in [2.24, 2.45) is 0 Å². The fourth-order valence-corrected chi connectivity index (χ4v) is 3.13. The van der Waals surface area contributed by atoms with Crippen molar-refractivity contribution >= 4 is 41.2 Å². The highest BCUT2D eigenvalue weighted by atomic mass is 79.9. The van der Waals surface area contributed by atoms with Crippen LogP contribution in [0.5, 0.6) is 0 Å². The largest absolute Gasteiger partial charge is 0.389 e. The molecular weight excluding hydrogens is 436 g/mol. The number of fused-ring (bicyclic) bond motifs is 1. The van der Waals surface area contributed by atoms with Gasteiger partial charge in [-0.15, -0.1) is 0 Å². The van der Waals surface area contributed by atoms with E-state index in [2.05, 4.69) is 31.2 Å². The molecule has 0 spiro atoms. The summed E-state index contributed by atoms with van der Waals surface area (Å²) in [6.07, 6.45) is -4.09. The van der Waals surface area contributed by atoms with Crippen molar-refractivity contribution in [2.75, 3.05) is 11.9 Å². The minimum absolute atomic E-state index is 0.0125. The molecule has 0 aliphatic carbocycles. The van der Waals surface area contributed by atoms with Crippen molar-refractivity contribution in [3.8, 4) is 0 Å². The Balaban J connectivity index is 2.22. The first-order chi connectivity index (χ1) is 11.5. The number of nitrogens with zero attached hydrogens (tertiary/aromatic N) is 2. The monoisotopic (exact) mass is 447 g/mol. The van der Waals surface area contributed by atoms with Crippen LogP contribution in [0.25, 0.3) is 10.9 Å². The highest BCUT2D eigenvalue weighted by Crippen LogP contribution is 2.54.